The van der Waals surface area contributed by atoms with Crippen LogP contribution in [0.1, 0.15) is 46.4 Å². The fraction of sp³-hybridized carbons (Fsp3) is 0.529. The average Bonchev–Trinajstić information content (AvgIpc) is 2.80. The fourth-order valence-corrected chi connectivity index (χ4v) is 2.99. The van der Waals surface area contributed by atoms with Gasteiger partial charge >= 0.3 is 0 Å². The second-order valence-electron chi connectivity index (χ2n) is 5.86. The van der Waals surface area contributed by atoms with E-state index in [1.165, 1.54) is 4.90 Å². The van der Waals surface area contributed by atoms with Crippen LogP contribution in [0.25, 0.3) is 0 Å². The van der Waals surface area contributed by atoms with Gasteiger partial charge in [-0.15, -0.1) is 0 Å². The Hall–Kier alpha value is -1.77. The van der Waals surface area contributed by atoms with Crippen molar-refractivity contribution in [3.05, 3.63) is 35.4 Å². The van der Waals surface area contributed by atoms with Crippen LogP contribution in [-0.2, 0) is 19.0 Å². The first kappa shape index (κ1) is 19.6. The number of rotatable bonds is 11. The maximum Gasteiger partial charge on any atom is 0.264 e. The van der Waals surface area contributed by atoms with Gasteiger partial charge in [-0.2, -0.15) is 8.42 Å². The van der Waals surface area contributed by atoms with Gasteiger partial charge in [-0.05, 0) is 25.0 Å². The van der Waals surface area contributed by atoms with E-state index in [9.17, 15) is 18.0 Å². The Kier molecular flexibility index (Phi) is 7.10. The molecule has 138 valence electrons. The largest absolute Gasteiger partial charge is 0.379 e. The molecule has 0 atom stereocenters. The summed E-state index contributed by atoms with van der Waals surface area (Å²) in [6.45, 7) is 1.22. The lowest BCUT2D eigenvalue weighted by Gasteiger charge is -2.13. The molecule has 7 nitrogen and oxygen atoms in total. The maximum absolute atomic E-state index is 12.2. The number of nitrogens with zero attached hydrogens (tertiary/aromatic N) is 1. The van der Waals surface area contributed by atoms with Crippen LogP contribution in [0.4, 0.5) is 0 Å². The van der Waals surface area contributed by atoms with Gasteiger partial charge in [0.05, 0.1) is 30.6 Å². The Morgan fingerprint density at radius 3 is 2.08 bits per heavy atom. The van der Waals surface area contributed by atoms with Crippen LogP contribution in [0.15, 0.2) is 24.3 Å². The first-order valence-electron chi connectivity index (χ1n) is 8.27. The van der Waals surface area contributed by atoms with Gasteiger partial charge in [0.15, 0.2) is 0 Å². The third kappa shape index (κ3) is 5.91. The summed E-state index contributed by atoms with van der Waals surface area (Å²) in [6, 6.07) is 6.88. The molecule has 0 aromatic heterocycles. The number of hydrogen-bond donors (Lipinski definition) is 0. The van der Waals surface area contributed by atoms with E-state index in [4.69, 9.17) is 4.74 Å². The van der Waals surface area contributed by atoms with Gasteiger partial charge in [-0.25, -0.2) is 0 Å². The highest BCUT2D eigenvalue weighted by atomic mass is 32.2. The first-order chi connectivity index (χ1) is 11.9. The summed E-state index contributed by atoms with van der Waals surface area (Å²) in [6.07, 6.45) is 4.39. The lowest BCUT2D eigenvalue weighted by atomic mass is 10.1. The van der Waals surface area contributed by atoms with Crippen molar-refractivity contribution in [2.75, 3.05) is 32.6 Å². The minimum Gasteiger partial charge on any atom is -0.379 e. The minimum absolute atomic E-state index is 0.0264. The number of ether oxygens (including phenoxy) is 1. The van der Waals surface area contributed by atoms with Crippen LogP contribution in [0.3, 0.4) is 0 Å². The van der Waals surface area contributed by atoms with Crippen molar-refractivity contribution in [1.82, 2.24) is 4.90 Å². The molecule has 1 aliphatic heterocycles. The normalized spacial score (nSPS) is 14.2. The molecule has 0 spiro atoms. The number of amides is 2. The highest BCUT2D eigenvalue weighted by molar-refractivity contribution is 7.85. The molecule has 0 radical (unpaired) electrons. The SMILES string of the molecule is CS(=O)(=O)OCCOCCCCCCN1C(=O)c2ccccc2C1=O. The van der Waals surface area contributed by atoms with Crippen LogP contribution >= 0.6 is 0 Å². The Labute approximate surface area is 148 Å². The minimum atomic E-state index is -3.41. The predicted octanol–water partition coefficient (Wildman–Crippen LogP) is 1.84. The Balaban J connectivity index is 1.54. The molecule has 2 rings (SSSR count). The van der Waals surface area contributed by atoms with Crippen molar-refractivity contribution < 1.29 is 26.9 Å². The van der Waals surface area contributed by atoms with E-state index in [1.807, 2.05) is 0 Å². The van der Waals surface area contributed by atoms with Gasteiger partial charge < -0.3 is 4.74 Å². The maximum atomic E-state index is 12.2. The third-order valence-electron chi connectivity index (χ3n) is 3.82. The van der Waals surface area contributed by atoms with E-state index < -0.39 is 10.1 Å². The molecule has 8 heteroatoms. The standard InChI is InChI=1S/C17H23NO6S/c1-25(21,22)24-13-12-23-11-7-3-2-6-10-18-16(19)14-8-4-5-9-15(14)17(18)20/h4-5,8-9H,2-3,6-7,10-13H2,1H3. The molecular formula is C17H23NO6S. The molecule has 0 fully saturated rings. The molecule has 0 saturated heterocycles. The summed E-state index contributed by atoms with van der Waals surface area (Å²) < 4.78 is 31.3. The summed E-state index contributed by atoms with van der Waals surface area (Å²) in [5.41, 5.74) is 0.967. The average molecular weight is 369 g/mol. The van der Waals surface area contributed by atoms with Crippen molar-refractivity contribution in [3.8, 4) is 0 Å². The molecule has 1 aromatic carbocycles. The van der Waals surface area contributed by atoms with E-state index in [0.29, 0.717) is 24.3 Å². The monoisotopic (exact) mass is 369 g/mol. The number of hydrogen-bond acceptors (Lipinski definition) is 6. The van der Waals surface area contributed by atoms with Gasteiger partial charge in [0.25, 0.3) is 21.9 Å². The summed E-state index contributed by atoms with van der Waals surface area (Å²) in [7, 11) is -3.41. The van der Waals surface area contributed by atoms with E-state index in [1.54, 1.807) is 24.3 Å². The number of unbranched alkanes of at least 4 members (excludes halogenated alkanes) is 3. The van der Waals surface area contributed by atoms with Gasteiger partial charge in [0.1, 0.15) is 0 Å². The summed E-state index contributed by atoms with van der Waals surface area (Å²) in [5, 5.41) is 0. The second-order valence-corrected chi connectivity index (χ2v) is 7.50. The topological polar surface area (TPSA) is 90.0 Å². The molecule has 1 heterocycles. The number of benzene rings is 1. The van der Waals surface area contributed by atoms with Crippen LogP contribution in [0.5, 0.6) is 0 Å². The summed E-state index contributed by atoms with van der Waals surface area (Å²) >= 11 is 0. The highest BCUT2D eigenvalue weighted by Gasteiger charge is 2.34. The molecule has 2 amide bonds. The Morgan fingerprint density at radius 2 is 1.48 bits per heavy atom. The number of fused-ring (bicyclic) bond motifs is 1. The molecule has 0 bridgehead atoms. The lowest BCUT2D eigenvalue weighted by Crippen LogP contribution is -2.30. The lowest BCUT2D eigenvalue weighted by molar-refractivity contribution is 0.0650. The fourth-order valence-electron chi connectivity index (χ4n) is 2.62. The zero-order chi connectivity index (χ0) is 18.3. The van der Waals surface area contributed by atoms with Gasteiger partial charge in [0.2, 0.25) is 0 Å². The smallest absolute Gasteiger partial charge is 0.264 e. The van der Waals surface area contributed by atoms with Crippen molar-refractivity contribution in [3.63, 3.8) is 0 Å². The van der Waals surface area contributed by atoms with Crippen molar-refractivity contribution >= 4 is 21.9 Å². The first-order valence-corrected chi connectivity index (χ1v) is 10.1. The molecule has 1 aromatic rings. The quantitative estimate of drug-likeness (QED) is 0.336. The van der Waals surface area contributed by atoms with Crippen molar-refractivity contribution in [1.29, 1.82) is 0 Å². The molecule has 0 aliphatic carbocycles. The molecule has 0 saturated carbocycles. The highest BCUT2D eigenvalue weighted by Crippen LogP contribution is 2.22. The molecule has 0 N–H and O–H groups in total. The van der Waals surface area contributed by atoms with Crippen LogP contribution < -0.4 is 0 Å². The number of imide groups is 1. The van der Waals surface area contributed by atoms with Gasteiger partial charge in [-0.1, -0.05) is 25.0 Å². The van der Waals surface area contributed by atoms with Crippen LogP contribution in [0.2, 0.25) is 0 Å². The second kappa shape index (κ2) is 9.07. The van der Waals surface area contributed by atoms with E-state index in [2.05, 4.69) is 4.18 Å². The summed E-state index contributed by atoms with van der Waals surface area (Å²) in [4.78, 5) is 25.7. The Morgan fingerprint density at radius 1 is 0.880 bits per heavy atom. The van der Waals surface area contributed by atoms with Crippen LogP contribution in [0, 0.1) is 0 Å². The number of carbonyl (C=O) groups is 2. The van der Waals surface area contributed by atoms with E-state index in [0.717, 1.165) is 31.9 Å². The van der Waals surface area contributed by atoms with Crippen LogP contribution in [-0.4, -0.2) is 57.8 Å². The molecular weight excluding hydrogens is 346 g/mol. The molecule has 0 unspecified atom stereocenters. The van der Waals surface area contributed by atoms with Crippen molar-refractivity contribution in [2.24, 2.45) is 0 Å². The van der Waals surface area contributed by atoms with Gasteiger partial charge in [0, 0.05) is 13.2 Å². The third-order valence-corrected chi connectivity index (χ3v) is 4.42. The molecule has 25 heavy (non-hydrogen) atoms. The van der Waals surface area contributed by atoms with E-state index in [-0.39, 0.29) is 25.0 Å². The number of carbonyl (C=O) groups excluding carboxylic acids is 2. The summed E-state index contributed by atoms with van der Waals surface area (Å²) in [5.74, 6) is -0.426. The predicted molar refractivity (Wildman–Crippen MR) is 91.9 cm³/mol. The molecule has 1 aliphatic rings. The van der Waals surface area contributed by atoms with Crippen molar-refractivity contribution in [2.45, 2.75) is 25.7 Å². The van der Waals surface area contributed by atoms with Gasteiger partial charge in [-0.3, -0.25) is 18.7 Å². The Bertz CT molecular complexity index is 681. The zero-order valence-corrected chi connectivity index (χ0v) is 15.1. The zero-order valence-electron chi connectivity index (χ0n) is 14.3. The van der Waals surface area contributed by atoms with E-state index >= 15 is 0 Å².